The molecule has 0 aliphatic heterocycles. The normalized spacial score (nSPS) is 9.25. The van der Waals surface area contributed by atoms with Crippen LogP contribution in [-0.2, 0) is 0 Å². The average Bonchev–Trinajstić information content (AvgIpc) is 2.14. The summed E-state index contributed by atoms with van der Waals surface area (Å²) >= 11 is 6.81. The highest BCUT2D eigenvalue weighted by Crippen LogP contribution is 2.26. The first-order valence-electron chi connectivity index (χ1n) is 1.98. The van der Waals surface area contributed by atoms with Gasteiger partial charge in [0.2, 0.25) is 5.06 Å². The third kappa shape index (κ3) is 0.928. The van der Waals surface area contributed by atoms with Gasteiger partial charge in [-0.05, 0) is 0 Å². The Morgan fingerprint density at radius 1 is 1.88 bits per heavy atom. The minimum atomic E-state index is 0.581. The molecule has 0 aliphatic carbocycles. The molecule has 1 heterocycles. The van der Waals surface area contributed by atoms with Gasteiger partial charge in [0.15, 0.2) is 0 Å². The Hall–Kier alpha value is -0.280. The van der Waals surface area contributed by atoms with E-state index in [0.717, 1.165) is 0 Å². The zero-order chi connectivity index (χ0) is 5.98. The summed E-state index contributed by atoms with van der Waals surface area (Å²) in [5.74, 6) is 0. The number of ether oxygens (including phenoxy) is 1. The Balaban J connectivity index is 2.92. The van der Waals surface area contributed by atoms with Gasteiger partial charge in [-0.1, -0.05) is 11.6 Å². The monoisotopic (exact) mass is 149 g/mol. The molecule has 1 aromatic heterocycles. The summed E-state index contributed by atoms with van der Waals surface area (Å²) in [4.78, 5) is 0. The smallest absolute Gasteiger partial charge is 0.212 e. The third-order valence-electron chi connectivity index (χ3n) is 0.682. The summed E-state index contributed by atoms with van der Waals surface area (Å²) in [7, 11) is 1.57. The number of halogens is 1. The van der Waals surface area contributed by atoms with Crippen molar-refractivity contribution in [3.05, 3.63) is 11.2 Å². The summed E-state index contributed by atoms with van der Waals surface area (Å²) in [5.41, 5.74) is 0. The molecule has 1 aromatic rings. The highest BCUT2D eigenvalue weighted by molar-refractivity contribution is 7.08. The van der Waals surface area contributed by atoms with Crippen molar-refractivity contribution in [2.24, 2.45) is 0 Å². The number of methoxy groups -OCH3 is 1. The fourth-order valence-electron chi connectivity index (χ4n) is 0.352. The van der Waals surface area contributed by atoms with E-state index in [-0.39, 0.29) is 0 Å². The molecule has 1 rings (SSSR count). The van der Waals surface area contributed by atoms with Crippen LogP contribution in [0.3, 0.4) is 0 Å². The van der Waals surface area contributed by atoms with Gasteiger partial charge in [-0.2, -0.15) is 4.37 Å². The van der Waals surface area contributed by atoms with Crippen LogP contribution in [0.1, 0.15) is 0 Å². The first kappa shape index (κ1) is 5.85. The Kier molecular flexibility index (Phi) is 1.70. The van der Waals surface area contributed by atoms with E-state index >= 15 is 0 Å². The molecule has 0 atom stereocenters. The van der Waals surface area contributed by atoms with E-state index in [0.29, 0.717) is 10.1 Å². The van der Waals surface area contributed by atoms with Gasteiger partial charge >= 0.3 is 0 Å². The predicted octanol–water partition coefficient (Wildman–Crippen LogP) is 1.81. The van der Waals surface area contributed by atoms with E-state index in [9.17, 15) is 0 Å². The number of rotatable bonds is 1. The minimum Gasteiger partial charge on any atom is -0.485 e. The van der Waals surface area contributed by atoms with Gasteiger partial charge in [0.25, 0.3) is 0 Å². The molecule has 0 saturated carbocycles. The molecule has 2 nitrogen and oxygen atoms in total. The van der Waals surface area contributed by atoms with Crippen LogP contribution >= 0.6 is 23.1 Å². The van der Waals surface area contributed by atoms with Gasteiger partial charge in [0, 0.05) is 11.5 Å². The molecule has 44 valence electrons. The standard InChI is InChI=1S/C4H4ClNOS/c1-7-4-3(5)2-6-8-4/h2H,1H3. The summed E-state index contributed by atoms with van der Waals surface area (Å²) in [6.07, 6.45) is 1.56. The Labute approximate surface area is 56.2 Å². The molecule has 0 bridgehead atoms. The lowest BCUT2D eigenvalue weighted by molar-refractivity contribution is 0.427. The zero-order valence-corrected chi connectivity index (χ0v) is 5.79. The lowest BCUT2D eigenvalue weighted by Crippen LogP contribution is -1.75. The minimum absolute atomic E-state index is 0.581. The molecule has 4 heteroatoms. The molecule has 0 amide bonds. The average molecular weight is 150 g/mol. The second-order valence-electron chi connectivity index (χ2n) is 1.17. The van der Waals surface area contributed by atoms with Crippen molar-refractivity contribution < 1.29 is 4.74 Å². The van der Waals surface area contributed by atoms with E-state index in [1.54, 1.807) is 13.3 Å². The Morgan fingerprint density at radius 3 is 2.88 bits per heavy atom. The van der Waals surface area contributed by atoms with Crippen LogP contribution in [0.5, 0.6) is 5.06 Å². The molecule has 0 fully saturated rings. The van der Waals surface area contributed by atoms with Crippen molar-refractivity contribution in [2.45, 2.75) is 0 Å². The van der Waals surface area contributed by atoms with Gasteiger partial charge in [-0.3, -0.25) is 0 Å². The van der Waals surface area contributed by atoms with Crippen LogP contribution in [0.15, 0.2) is 6.20 Å². The molecule has 0 saturated heterocycles. The highest BCUT2D eigenvalue weighted by atomic mass is 35.5. The summed E-state index contributed by atoms with van der Waals surface area (Å²) < 4.78 is 8.59. The maximum Gasteiger partial charge on any atom is 0.212 e. The molecule has 8 heavy (non-hydrogen) atoms. The highest BCUT2D eigenvalue weighted by Gasteiger charge is 1.98. The van der Waals surface area contributed by atoms with Crippen molar-refractivity contribution >= 4 is 23.1 Å². The van der Waals surface area contributed by atoms with Crippen LogP contribution < -0.4 is 4.74 Å². The van der Waals surface area contributed by atoms with Gasteiger partial charge in [-0.25, -0.2) is 0 Å². The van der Waals surface area contributed by atoms with Gasteiger partial charge < -0.3 is 4.74 Å². The van der Waals surface area contributed by atoms with E-state index in [2.05, 4.69) is 4.37 Å². The zero-order valence-electron chi connectivity index (χ0n) is 4.22. The van der Waals surface area contributed by atoms with Crippen molar-refractivity contribution in [3.63, 3.8) is 0 Å². The van der Waals surface area contributed by atoms with E-state index in [1.807, 2.05) is 0 Å². The molecule has 0 aliphatic rings. The number of nitrogens with zero attached hydrogens (tertiary/aromatic N) is 1. The largest absolute Gasteiger partial charge is 0.485 e. The molecular formula is C4H4ClNOS. The van der Waals surface area contributed by atoms with Crippen LogP contribution in [0.4, 0.5) is 0 Å². The maximum absolute atomic E-state index is 5.56. The first-order valence-corrected chi connectivity index (χ1v) is 3.14. The lowest BCUT2D eigenvalue weighted by Gasteiger charge is -1.88. The first-order chi connectivity index (χ1) is 3.84. The van der Waals surface area contributed by atoms with Crippen molar-refractivity contribution in [1.29, 1.82) is 0 Å². The molecule has 0 unspecified atom stereocenters. The maximum atomic E-state index is 5.56. The SMILES string of the molecule is COc1sncc1Cl. The van der Waals surface area contributed by atoms with Crippen LogP contribution in [-0.4, -0.2) is 11.5 Å². The van der Waals surface area contributed by atoms with Crippen molar-refractivity contribution in [1.82, 2.24) is 4.37 Å². The summed E-state index contributed by atoms with van der Waals surface area (Å²) in [6, 6.07) is 0. The summed E-state index contributed by atoms with van der Waals surface area (Å²) in [6.45, 7) is 0. The second-order valence-corrected chi connectivity index (χ2v) is 2.34. The van der Waals surface area contributed by atoms with Crippen LogP contribution in [0.2, 0.25) is 5.02 Å². The quantitative estimate of drug-likeness (QED) is 0.608. The number of hydrogen-bond donors (Lipinski definition) is 0. The summed E-state index contributed by atoms with van der Waals surface area (Å²) in [5, 5.41) is 1.25. The second kappa shape index (κ2) is 2.33. The van der Waals surface area contributed by atoms with E-state index in [4.69, 9.17) is 16.3 Å². The fourth-order valence-corrected chi connectivity index (χ4v) is 1.11. The third-order valence-corrected chi connectivity index (χ3v) is 1.83. The van der Waals surface area contributed by atoms with Crippen LogP contribution in [0, 0.1) is 0 Å². The van der Waals surface area contributed by atoms with Crippen molar-refractivity contribution in [3.8, 4) is 5.06 Å². The van der Waals surface area contributed by atoms with E-state index < -0.39 is 0 Å². The number of hydrogen-bond acceptors (Lipinski definition) is 3. The number of aromatic nitrogens is 1. The predicted molar refractivity (Wildman–Crippen MR) is 33.7 cm³/mol. The topological polar surface area (TPSA) is 22.1 Å². The molecule has 0 spiro atoms. The fraction of sp³-hybridized carbons (Fsp3) is 0.250. The van der Waals surface area contributed by atoms with Crippen LogP contribution in [0.25, 0.3) is 0 Å². The van der Waals surface area contributed by atoms with Gasteiger partial charge in [0.1, 0.15) is 5.02 Å². The van der Waals surface area contributed by atoms with Gasteiger partial charge in [-0.15, -0.1) is 0 Å². The molecular weight excluding hydrogens is 146 g/mol. The van der Waals surface area contributed by atoms with Gasteiger partial charge in [0.05, 0.1) is 13.3 Å². The molecule has 0 N–H and O–H groups in total. The van der Waals surface area contributed by atoms with E-state index in [1.165, 1.54) is 11.5 Å². The Bertz CT molecular complexity index is 176. The lowest BCUT2D eigenvalue weighted by atomic mass is 10.7. The van der Waals surface area contributed by atoms with Crippen molar-refractivity contribution in [2.75, 3.05) is 7.11 Å². The Morgan fingerprint density at radius 2 is 2.62 bits per heavy atom. The molecule has 0 aromatic carbocycles. The molecule has 0 radical (unpaired) electrons.